The van der Waals surface area contributed by atoms with Crippen LogP contribution in [0.25, 0.3) is 0 Å². The van der Waals surface area contributed by atoms with Crippen LogP contribution >= 0.6 is 11.6 Å². The molecule has 1 fully saturated rings. The van der Waals surface area contributed by atoms with Crippen LogP contribution in [0.4, 0.5) is 23.2 Å². The number of carbonyl (C=O) groups excluding carboxylic acids is 1. The van der Waals surface area contributed by atoms with E-state index in [1.54, 1.807) is 15.9 Å². The van der Waals surface area contributed by atoms with Crippen molar-refractivity contribution < 1.29 is 22.4 Å². The predicted octanol–water partition coefficient (Wildman–Crippen LogP) is 6.17. The predicted molar refractivity (Wildman–Crippen MR) is 118 cm³/mol. The van der Waals surface area contributed by atoms with Crippen molar-refractivity contribution in [2.75, 3.05) is 11.4 Å². The van der Waals surface area contributed by atoms with E-state index >= 15 is 0 Å². The summed E-state index contributed by atoms with van der Waals surface area (Å²) in [6.45, 7) is 4.02. The quantitative estimate of drug-likeness (QED) is 0.444. The van der Waals surface area contributed by atoms with E-state index in [1.165, 1.54) is 12.1 Å². The molecule has 176 valence electrons. The molecular formula is C24H24ClF4N3O. The molecule has 33 heavy (non-hydrogen) atoms. The van der Waals surface area contributed by atoms with Crippen LogP contribution in [0.3, 0.4) is 0 Å². The number of alkyl halides is 3. The van der Waals surface area contributed by atoms with Crippen molar-refractivity contribution in [3.8, 4) is 6.07 Å². The van der Waals surface area contributed by atoms with Gasteiger partial charge in [-0.3, -0.25) is 4.79 Å². The number of likely N-dealkylation sites (tertiary alicyclic amines) is 1. The van der Waals surface area contributed by atoms with E-state index in [-0.39, 0.29) is 41.1 Å². The minimum Gasteiger partial charge on any atom is -0.362 e. The second-order valence-corrected chi connectivity index (χ2v) is 8.48. The molecule has 1 saturated heterocycles. The first kappa shape index (κ1) is 24.8. The molecule has 2 aromatic rings. The van der Waals surface area contributed by atoms with Crippen LogP contribution in [0.15, 0.2) is 36.4 Å². The molecule has 0 bridgehead atoms. The lowest BCUT2D eigenvalue weighted by Gasteiger charge is -2.33. The molecule has 0 aromatic heterocycles. The van der Waals surface area contributed by atoms with Crippen LogP contribution < -0.4 is 4.90 Å². The van der Waals surface area contributed by atoms with Crippen molar-refractivity contribution >= 4 is 23.2 Å². The normalized spacial score (nSPS) is 16.4. The van der Waals surface area contributed by atoms with Crippen LogP contribution in [-0.4, -0.2) is 29.4 Å². The fourth-order valence-electron chi connectivity index (χ4n) is 4.36. The molecule has 0 N–H and O–H groups in total. The second kappa shape index (κ2) is 10.0. The Balaban J connectivity index is 2.05. The lowest BCUT2D eigenvalue weighted by Crippen LogP contribution is -2.40. The zero-order valence-electron chi connectivity index (χ0n) is 18.3. The highest BCUT2D eigenvalue weighted by atomic mass is 35.5. The highest BCUT2D eigenvalue weighted by Crippen LogP contribution is 2.36. The van der Waals surface area contributed by atoms with Crippen molar-refractivity contribution in [1.82, 2.24) is 4.90 Å². The van der Waals surface area contributed by atoms with Crippen LogP contribution in [0.1, 0.15) is 49.8 Å². The smallest absolute Gasteiger partial charge is 0.362 e. The van der Waals surface area contributed by atoms with Gasteiger partial charge in [-0.05, 0) is 54.8 Å². The fourth-order valence-corrected chi connectivity index (χ4v) is 4.58. The summed E-state index contributed by atoms with van der Waals surface area (Å²) in [6.07, 6.45) is -3.02. The van der Waals surface area contributed by atoms with Crippen molar-refractivity contribution in [2.24, 2.45) is 0 Å². The molecule has 2 aromatic carbocycles. The molecule has 0 aliphatic carbocycles. The first-order valence-corrected chi connectivity index (χ1v) is 11.1. The average molecular weight is 482 g/mol. The third-order valence-electron chi connectivity index (χ3n) is 6.08. The third kappa shape index (κ3) is 5.41. The molecule has 1 aliphatic heterocycles. The van der Waals surface area contributed by atoms with Gasteiger partial charge < -0.3 is 9.80 Å². The molecular weight excluding hydrogens is 458 g/mol. The number of nitriles is 1. The summed E-state index contributed by atoms with van der Waals surface area (Å²) in [5.74, 6) is -0.856. The summed E-state index contributed by atoms with van der Waals surface area (Å²) in [6, 6.07) is 8.49. The van der Waals surface area contributed by atoms with Gasteiger partial charge in [-0.1, -0.05) is 25.4 Å². The maximum absolute atomic E-state index is 13.9. The van der Waals surface area contributed by atoms with E-state index < -0.39 is 23.6 Å². The molecule has 1 aliphatic rings. The standard InChI is InChI=1S/C24H24ClF4N3O/c1-3-18(4-2)32-14-20(11-23(32)33)31(19-7-5-15(12-30)22(25)10-19)13-16-9-17(26)6-8-21(16)24(27,28)29/h5-10,18,20H,3-4,11,13-14H2,1-2H3/t20-/m0/s1. The van der Waals surface area contributed by atoms with Crippen molar-refractivity contribution in [3.05, 3.63) is 63.9 Å². The maximum atomic E-state index is 13.9. The van der Waals surface area contributed by atoms with Gasteiger partial charge in [-0.15, -0.1) is 0 Å². The minimum absolute atomic E-state index is 0.0359. The summed E-state index contributed by atoms with van der Waals surface area (Å²) in [4.78, 5) is 16.2. The fraction of sp³-hybridized carbons (Fsp3) is 0.417. The largest absolute Gasteiger partial charge is 0.416 e. The lowest BCUT2D eigenvalue weighted by atomic mass is 10.0. The van der Waals surface area contributed by atoms with Crippen LogP contribution in [0.2, 0.25) is 5.02 Å². The van der Waals surface area contributed by atoms with Gasteiger partial charge in [0, 0.05) is 31.2 Å². The van der Waals surface area contributed by atoms with E-state index in [0.717, 1.165) is 31.0 Å². The molecule has 1 atom stereocenters. The first-order valence-electron chi connectivity index (χ1n) is 10.7. The highest BCUT2D eigenvalue weighted by Gasteiger charge is 2.38. The molecule has 1 amide bonds. The van der Waals surface area contributed by atoms with Crippen LogP contribution in [-0.2, 0) is 17.5 Å². The Hall–Kier alpha value is -2.79. The number of amides is 1. The summed E-state index contributed by atoms with van der Waals surface area (Å²) in [5, 5.41) is 9.32. The number of anilines is 1. The lowest BCUT2D eigenvalue weighted by molar-refractivity contribution is -0.138. The highest BCUT2D eigenvalue weighted by molar-refractivity contribution is 6.32. The monoisotopic (exact) mass is 481 g/mol. The number of halogens is 5. The van der Waals surface area contributed by atoms with E-state index in [9.17, 15) is 22.4 Å². The molecule has 1 heterocycles. The van der Waals surface area contributed by atoms with Crippen molar-refractivity contribution in [1.29, 1.82) is 5.26 Å². The Labute approximate surface area is 195 Å². The Morgan fingerprint density at radius 3 is 2.48 bits per heavy atom. The topological polar surface area (TPSA) is 47.3 Å². The summed E-state index contributed by atoms with van der Waals surface area (Å²) in [5.41, 5.74) is -0.491. The number of carbonyl (C=O) groups is 1. The van der Waals surface area contributed by atoms with Gasteiger partial charge in [-0.25, -0.2) is 4.39 Å². The Morgan fingerprint density at radius 2 is 1.91 bits per heavy atom. The number of hydrogen-bond acceptors (Lipinski definition) is 3. The van der Waals surface area contributed by atoms with E-state index in [0.29, 0.717) is 12.2 Å². The SMILES string of the molecule is CCC(CC)N1C[C@@H](N(Cc2cc(F)ccc2C(F)(F)F)c2ccc(C#N)c(Cl)c2)CC1=O. The van der Waals surface area contributed by atoms with E-state index in [4.69, 9.17) is 16.9 Å². The van der Waals surface area contributed by atoms with Gasteiger partial charge in [0.15, 0.2) is 0 Å². The summed E-state index contributed by atoms with van der Waals surface area (Å²) >= 11 is 6.20. The third-order valence-corrected chi connectivity index (χ3v) is 6.39. The summed E-state index contributed by atoms with van der Waals surface area (Å²) < 4.78 is 54.8. The van der Waals surface area contributed by atoms with Gasteiger partial charge >= 0.3 is 6.18 Å². The number of benzene rings is 2. The number of hydrogen-bond donors (Lipinski definition) is 0. The Bertz CT molecular complexity index is 1060. The zero-order valence-corrected chi connectivity index (χ0v) is 19.0. The minimum atomic E-state index is -4.66. The molecule has 9 heteroatoms. The van der Waals surface area contributed by atoms with Gasteiger partial charge in [0.25, 0.3) is 0 Å². The first-order chi connectivity index (χ1) is 15.6. The molecule has 0 spiro atoms. The summed E-state index contributed by atoms with van der Waals surface area (Å²) in [7, 11) is 0. The van der Waals surface area contributed by atoms with Gasteiger partial charge in [0.1, 0.15) is 11.9 Å². The molecule has 3 rings (SSSR count). The Morgan fingerprint density at radius 1 is 1.21 bits per heavy atom. The number of rotatable bonds is 7. The van der Waals surface area contributed by atoms with E-state index in [2.05, 4.69) is 0 Å². The van der Waals surface area contributed by atoms with E-state index in [1.807, 2.05) is 19.9 Å². The molecule has 0 unspecified atom stereocenters. The zero-order chi connectivity index (χ0) is 24.3. The van der Waals surface area contributed by atoms with Crippen LogP contribution in [0, 0.1) is 17.1 Å². The Kier molecular flexibility index (Phi) is 7.53. The average Bonchev–Trinajstić information content (AvgIpc) is 3.13. The molecule has 0 radical (unpaired) electrons. The van der Waals surface area contributed by atoms with Gasteiger partial charge in [0.2, 0.25) is 5.91 Å². The van der Waals surface area contributed by atoms with Gasteiger partial charge in [-0.2, -0.15) is 18.4 Å². The van der Waals surface area contributed by atoms with Crippen molar-refractivity contribution in [3.63, 3.8) is 0 Å². The van der Waals surface area contributed by atoms with Crippen LogP contribution in [0.5, 0.6) is 0 Å². The molecule has 4 nitrogen and oxygen atoms in total. The molecule has 0 saturated carbocycles. The number of nitrogens with zero attached hydrogens (tertiary/aromatic N) is 3. The van der Waals surface area contributed by atoms with Gasteiger partial charge in [0.05, 0.1) is 22.2 Å². The maximum Gasteiger partial charge on any atom is 0.416 e. The second-order valence-electron chi connectivity index (χ2n) is 8.08. The van der Waals surface area contributed by atoms with Crippen molar-refractivity contribution in [2.45, 2.75) is 57.9 Å².